The van der Waals surface area contributed by atoms with Crippen molar-refractivity contribution in [3.05, 3.63) is 23.8 Å². The van der Waals surface area contributed by atoms with Crippen molar-refractivity contribution in [2.75, 3.05) is 13.3 Å². The highest BCUT2D eigenvalue weighted by Gasteiger charge is 2.18. The minimum atomic E-state index is -0.0242. The van der Waals surface area contributed by atoms with Gasteiger partial charge in [-0.05, 0) is 37.0 Å². The summed E-state index contributed by atoms with van der Waals surface area (Å²) in [5.41, 5.74) is 0.639. The third kappa shape index (κ3) is 2.83. The Labute approximate surface area is 113 Å². The average Bonchev–Trinajstić information content (AvgIpc) is 2.93. The molecule has 0 spiro atoms. The Morgan fingerprint density at radius 2 is 1.95 bits per heavy atom. The first-order valence-corrected chi connectivity index (χ1v) is 7.01. The lowest BCUT2D eigenvalue weighted by molar-refractivity contribution is 0.0943. The Bertz CT molecular complexity index is 466. The number of fused-ring (bicyclic) bond motifs is 1. The molecule has 1 aromatic carbocycles. The van der Waals surface area contributed by atoms with E-state index in [1.807, 2.05) is 0 Å². The minimum absolute atomic E-state index is 0.0242. The van der Waals surface area contributed by atoms with E-state index in [0.29, 0.717) is 23.0 Å². The first-order chi connectivity index (χ1) is 9.33. The van der Waals surface area contributed by atoms with Crippen LogP contribution in [0.4, 0.5) is 0 Å². The molecule has 1 fully saturated rings. The van der Waals surface area contributed by atoms with Crippen LogP contribution in [0.15, 0.2) is 18.2 Å². The first-order valence-electron chi connectivity index (χ1n) is 7.01. The number of carbonyl (C=O) groups excluding carboxylic acids is 1. The molecule has 19 heavy (non-hydrogen) atoms. The largest absolute Gasteiger partial charge is 0.454 e. The van der Waals surface area contributed by atoms with Crippen molar-refractivity contribution in [1.29, 1.82) is 0 Å². The number of benzene rings is 1. The highest BCUT2D eigenvalue weighted by atomic mass is 16.7. The average molecular weight is 261 g/mol. The lowest BCUT2D eigenvalue weighted by Gasteiger charge is -2.21. The van der Waals surface area contributed by atoms with Crippen LogP contribution in [-0.2, 0) is 0 Å². The molecule has 0 aromatic heterocycles. The molecule has 1 aliphatic heterocycles. The molecular formula is C15H19NO3. The molecule has 1 aliphatic carbocycles. The molecule has 1 saturated carbocycles. The highest BCUT2D eigenvalue weighted by molar-refractivity contribution is 5.94. The molecule has 0 bridgehead atoms. The van der Waals surface area contributed by atoms with Crippen molar-refractivity contribution in [2.45, 2.75) is 32.1 Å². The van der Waals surface area contributed by atoms with E-state index in [-0.39, 0.29) is 12.7 Å². The fourth-order valence-electron chi connectivity index (χ4n) is 2.77. The molecule has 0 unspecified atom stereocenters. The van der Waals surface area contributed by atoms with Gasteiger partial charge in [-0.2, -0.15) is 0 Å². The molecule has 0 radical (unpaired) electrons. The zero-order chi connectivity index (χ0) is 13.1. The normalized spacial score (nSPS) is 18.3. The quantitative estimate of drug-likeness (QED) is 0.910. The molecule has 0 atom stereocenters. The van der Waals surface area contributed by atoms with E-state index in [1.54, 1.807) is 18.2 Å². The molecule has 4 heteroatoms. The second-order valence-corrected chi connectivity index (χ2v) is 5.28. The fourth-order valence-corrected chi connectivity index (χ4v) is 2.77. The zero-order valence-corrected chi connectivity index (χ0v) is 11.0. The zero-order valence-electron chi connectivity index (χ0n) is 11.0. The topological polar surface area (TPSA) is 47.6 Å². The second kappa shape index (κ2) is 5.51. The van der Waals surface area contributed by atoms with E-state index < -0.39 is 0 Å². The summed E-state index contributed by atoms with van der Waals surface area (Å²) in [6, 6.07) is 5.32. The van der Waals surface area contributed by atoms with E-state index in [1.165, 1.54) is 32.1 Å². The van der Waals surface area contributed by atoms with E-state index in [9.17, 15) is 4.79 Å². The van der Waals surface area contributed by atoms with Crippen LogP contribution in [0.3, 0.4) is 0 Å². The molecule has 0 saturated heterocycles. The van der Waals surface area contributed by atoms with Gasteiger partial charge in [-0.3, -0.25) is 4.79 Å². The smallest absolute Gasteiger partial charge is 0.251 e. The lowest BCUT2D eigenvalue weighted by atomic mass is 9.89. The summed E-state index contributed by atoms with van der Waals surface area (Å²) in [5, 5.41) is 3.02. The molecule has 1 N–H and O–H groups in total. The Morgan fingerprint density at radius 3 is 2.79 bits per heavy atom. The molecule has 102 valence electrons. The maximum absolute atomic E-state index is 12.1. The van der Waals surface area contributed by atoms with Crippen molar-refractivity contribution in [3.63, 3.8) is 0 Å². The summed E-state index contributed by atoms with van der Waals surface area (Å²) < 4.78 is 10.5. The summed E-state index contributed by atoms with van der Waals surface area (Å²) in [4.78, 5) is 12.1. The van der Waals surface area contributed by atoms with Gasteiger partial charge < -0.3 is 14.8 Å². The summed E-state index contributed by atoms with van der Waals surface area (Å²) in [7, 11) is 0. The number of nitrogens with one attached hydrogen (secondary N) is 1. The summed E-state index contributed by atoms with van der Waals surface area (Å²) in [6.07, 6.45) is 6.41. The number of hydrogen-bond acceptors (Lipinski definition) is 3. The molecule has 1 heterocycles. The van der Waals surface area contributed by atoms with Gasteiger partial charge in [0.2, 0.25) is 6.79 Å². The van der Waals surface area contributed by atoms with E-state index in [4.69, 9.17) is 9.47 Å². The van der Waals surface area contributed by atoms with Crippen LogP contribution >= 0.6 is 0 Å². The van der Waals surface area contributed by atoms with Crippen LogP contribution in [0.2, 0.25) is 0 Å². The van der Waals surface area contributed by atoms with Crippen molar-refractivity contribution in [1.82, 2.24) is 5.32 Å². The second-order valence-electron chi connectivity index (χ2n) is 5.28. The van der Waals surface area contributed by atoms with E-state index in [2.05, 4.69) is 5.32 Å². The van der Waals surface area contributed by atoms with Gasteiger partial charge >= 0.3 is 0 Å². The van der Waals surface area contributed by atoms with Crippen LogP contribution < -0.4 is 14.8 Å². The van der Waals surface area contributed by atoms with E-state index >= 15 is 0 Å². The molecule has 2 aliphatic rings. The molecule has 4 nitrogen and oxygen atoms in total. The summed E-state index contributed by atoms with van der Waals surface area (Å²) in [6.45, 7) is 1.02. The Morgan fingerprint density at radius 1 is 1.16 bits per heavy atom. The van der Waals surface area contributed by atoms with Gasteiger partial charge in [-0.25, -0.2) is 0 Å². The Balaban J connectivity index is 1.57. The van der Waals surface area contributed by atoms with Crippen LogP contribution in [0.1, 0.15) is 42.5 Å². The lowest BCUT2D eigenvalue weighted by Crippen LogP contribution is -2.30. The van der Waals surface area contributed by atoms with Gasteiger partial charge in [0.1, 0.15) is 0 Å². The molecule has 1 amide bonds. The Hall–Kier alpha value is -1.71. The van der Waals surface area contributed by atoms with Gasteiger partial charge in [0.25, 0.3) is 5.91 Å². The first kappa shape index (κ1) is 12.3. The highest BCUT2D eigenvalue weighted by Crippen LogP contribution is 2.32. The maximum Gasteiger partial charge on any atom is 0.251 e. The number of rotatable bonds is 3. The van der Waals surface area contributed by atoms with Crippen molar-refractivity contribution in [3.8, 4) is 11.5 Å². The van der Waals surface area contributed by atoms with Gasteiger partial charge in [0, 0.05) is 12.1 Å². The molecule has 3 rings (SSSR count). The van der Waals surface area contributed by atoms with Crippen molar-refractivity contribution < 1.29 is 14.3 Å². The Kier molecular flexibility index (Phi) is 3.58. The number of carbonyl (C=O) groups is 1. The number of hydrogen-bond donors (Lipinski definition) is 1. The predicted octanol–water partition coefficient (Wildman–Crippen LogP) is 2.73. The number of ether oxygens (including phenoxy) is 2. The van der Waals surface area contributed by atoms with Crippen molar-refractivity contribution in [2.24, 2.45) is 5.92 Å². The van der Waals surface area contributed by atoms with Gasteiger partial charge in [-0.1, -0.05) is 19.3 Å². The summed E-state index contributed by atoms with van der Waals surface area (Å²) >= 11 is 0. The standard InChI is InChI=1S/C15H19NO3/c17-15(16-9-11-4-2-1-3-5-11)12-6-7-13-14(8-12)19-10-18-13/h6-8,11H,1-5,9-10H2,(H,16,17). The van der Waals surface area contributed by atoms with Crippen LogP contribution in [0.5, 0.6) is 11.5 Å². The van der Waals surface area contributed by atoms with Crippen LogP contribution in [0, 0.1) is 5.92 Å². The predicted molar refractivity (Wildman–Crippen MR) is 71.5 cm³/mol. The number of amides is 1. The van der Waals surface area contributed by atoms with E-state index in [0.717, 1.165) is 6.54 Å². The fraction of sp³-hybridized carbons (Fsp3) is 0.533. The van der Waals surface area contributed by atoms with Crippen LogP contribution in [0.25, 0.3) is 0 Å². The van der Waals surface area contributed by atoms with Gasteiger partial charge in [0.15, 0.2) is 11.5 Å². The SMILES string of the molecule is O=C(NCC1CCCCC1)c1ccc2c(c1)OCO2. The maximum atomic E-state index is 12.1. The van der Waals surface area contributed by atoms with Gasteiger partial charge in [-0.15, -0.1) is 0 Å². The van der Waals surface area contributed by atoms with Crippen LogP contribution in [-0.4, -0.2) is 19.2 Å². The minimum Gasteiger partial charge on any atom is -0.454 e. The third-order valence-electron chi connectivity index (χ3n) is 3.91. The van der Waals surface area contributed by atoms with Crippen molar-refractivity contribution >= 4 is 5.91 Å². The van der Waals surface area contributed by atoms with Gasteiger partial charge in [0.05, 0.1) is 0 Å². The summed E-state index contributed by atoms with van der Waals surface area (Å²) in [5.74, 6) is 1.99. The molecule has 1 aromatic rings. The molecular weight excluding hydrogens is 242 g/mol. The monoisotopic (exact) mass is 261 g/mol. The third-order valence-corrected chi connectivity index (χ3v) is 3.91.